The van der Waals surface area contributed by atoms with Crippen molar-refractivity contribution in [2.75, 3.05) is 0 Å². The Balaban J connectivity index is 2.91. The van der Waals surface area contributed by atoms with Crippen molar-refractivity contribution in [2.45, 2.75) is 18.9 Å². The Morgan fingerprint density at radius 3 is 2.35 bits per heavy atom. The minimum atomic E-state index is -1.44. The second-order valence-electron chi connectivity index (χ2n) is 3.98. The van der Waals surface area contributed by atoms with Gasteiger partial charge in [-0.25, -0.2) is 23.8 Å². The summed E-state index contributed by atoms with van der Waals surface area (Å²) in [7, 11) is 0. The molecule has 0 saturated carbocycles. The fourth-order valence-corrected chi connectivity index (χ4v) is 1.62. The summed E-state index contributed by atoms with van der Waals surface area (Å²) >= 11 is 0. The number of hydrazine groups is 1. The van der Waals surface area contributed by atoms with Gasteiger partial charge in [0.15, 0.2) is 11.6 Å². The average Bonchev–Trinajstić information content (AvgIpc) is 2.34. The number of hydrogen-bond donors (Lipinski definition) is 4. The molecule has 1 aromatic carbocycles. The monoisotopic (exact) mass is 291 g/mol. The van der Waals surface area contributed by atoms with E-state index in [1.807, 2.05) is 5.32 Å². The van der Waals surface area contributed by atoms with E-state index in [0.717, 1.165) is 0 Å². The number of nitrogens with one attached hydrogen (secondary N) is 2. The average molecular weight is 291 g/mol. The first-order chi connectivity index (χ1) is 9.33. The van der Waals surface area contributed by atoms with E-state index in [1.165, 1.54) is 0 Å². The van der Waals surface area contributed by atoms with E-state index in [-0.39, 0.29) is 18.4 Å². The van der Waals surface area contributed by atoms with Gasteiger partial charge in [-0.1, -0.05) is 0 Å². The number of benzene rings is 1. The van der Waals surface area contributed by atoms with Gasteiger partial charge in [-0.3, -0.25) is 10.2 Å². The summed E-state index contributed by atoms with van der Waals surface area (Å²) in [6, 6.07) is -0.0667. The molecule has 0 aromatic heterocycles. The molecule has 1 aromatic rings. The molecular weight excluding hydrogens is 279 g/mol. The Kier molecular flexibility index (Phi) is 5.32. The molecule has 0 fully saturated rings. The van der Waals surface area contributed by atoms with Crippen molar-refractivity contribution < 1.29 is 27.9 Å². The molecule has 2 amide bonds. The molecule has 0 aliphatic carbocycles. The minimum absolute atomic E-state index is 0.257. The van der Waals surface area contributed by atoms with E-state index < -0.39 is 35.5 Å². The van der Waals surface area contributed by atoms with Crippen LogP contribution in [0.15, 0.2) is 12.1 Å². The largest absolute Gasteiger partial charge is 0.465 e. The van der Waals surface area contributed by atoms with Gasteiger partial charge >= 0.3 is 6.09 Å². The number of rotatable bonds is 5. The molecule has 9 heteroatoms. The van der Waals surface area contributed by atoms with Crippen LogP contribution in [0.25, 0.3) is 0 Å². The Bertz CT molecular complexity index is 525. The molecule has 0 heterocycles. The van der Waals surface area contributed by atoms with Crippen molar-refractivity contribution in [3.05, 3.63) is 35.1 Å². The Hall–Kier alpha value is -2.29. The predicted molar refractivity (Wildman–Crippen MR) is 61.9 cm³/mol. The van der Waals surface area contributed by atoms with Gasteiger partial charge in [0.25, 0.3) is 0 Å². The van der Waals surface area contributed by atoms with Gasteiger partial charge in [0, 0.05) is 18.5 Å². The van der Waals surface area contributed by atoms with Crippen LogP contribution >= 0.6 is 0 Å². The van der Waals surface area contributed by atoms with Gasteiger partial charge in [0.1, 0.15) is 5.82 Å². The fourth-order valence-electron chi connectivity index (χ4n) is 1.62. The van der Waals surface area contributed by atoms with Gasteiger partial charge in [0.05, 0.1) is 0 Å². The maximum absolute atomic E-state index is 13.4. The van der Waals surface area contributed by atoms with Crippen molar-refractivity contribution in [2.24, 2.45) is 5.84 Å². The molecule has 0 radical (unpaired) electrons. The number of carboxylic acid groups (broad SMARTS) is 1. The molecule has 0 aliphatic rings. The molecule has 0 unspecified atom stereocenters. The minimum Gasteiger partial charge on any atom is -0.465 e. The lowest BCUT2D eigenvalue weighted by molar-refractivity contribution is -0.121. The zero-order valence-electron chi connectivity index (χ0n) is 10.1. The molecule has 1 rings (SSSR count). The third-order valence-corrected chi connectivity index (χ3v) is 2.48. The molecule has 0 spiro atoms. The molecule has 1 atom stereocenters. The van der Waals surface area contributed by atoms with Gasteiger partial charge in [-0.05, 0) is 18.1 Å². The third kappa shape index (κ3) is 4.43. The van der Waals surface area contributed by atoms with Crippen molar-refractivity contribution >= 4 is 12.0 Å². The second-order valence-corrected chi connectivity index (χ2v) is 3.98. The first-order valence-electron chi connectivity index (χ1n) is 5.45. The lowest BCUT2D eigenvalue weighted by Crippen LogP contribution is -2.41. The first-order valence-corrected chi connectivity index (χ1v) is 5.45. The van der Waals surface area contributed by atoms with Crippen LogP contribution in [0, 0.1) is 17.5 Å². The maximum atomic E-state index is 13.4. The molecule has 0 bridgehead atoms. The third-order valence-electron chi connectivity index (χ3n) is 2.48. The van der Waals surface area contributed by atoms with Crippen LogP contribution in [-0.2, 0) is 11.2 Å². The van der Waals surface area contributed by atoms with Crippen LogP contribution in [0.4, 0.5) is 18.0 Å². The van der Waals surface area contributed by atoms with E-state index in [9.17, 15) is 22.8 Å². The Morgan fingerprint density at radius 1 is 1.20 bits per heavy atom. The second kappa shape index (κ2) is 6.75. The standard InChI is InChI=1S/C11H12F3N3O3/c12-7-4-9(14)8(13)2-5(7)1-6(16-11(19)20)3-10(18)17-15/h2,4,6,16H,1,3,15H2,(H,17,18)(H,19,20)/t6-/m1/s1. The number of amides is 2. The molecule has 5 N–H and O–H groups in total. The predicted octanol–water partition coefficient (Wildman–Crippen LogP) is 0.663. The van der Waals surface area contributed by atoms with Crippen molar-refractivity contribution in [1.29, 1.82) is 0 Å². The number of nitrogens with two attached hydrogens (primary N) is 1. The van der Waals surface area contributed by atoms with Gasteiger partial charge < -0.3 is 10.4 Å². The number of carbonyl (C=O) groups is 2. The van der Waals surface area contributed by atoms with Gasteiger partial charge in [-0.15, -0.1) is 0 Å². The quantitative estimate of drug-likeness (QED) is 0.277. The molecule has 20 heavy (non-hydrogen) atoms. The van der Waals surface area contributed by atoms with Crippen molar-refractivity contribution in [3.63, 3.8) is 0 Å². The van der Waals surface area contributed by atoms with E-state index in [1.54, 1.807) is 5.43 Å². The van der Waals surface area contributed by atoms with Crippen molar-refractivity contribution in [1.82, 2.24) is 10.7 Å². The van der Waals surface area contributed by atoms with E-state index in [4.69, 9.17) is 10.9 Å². The van der Waals surface area contributed by atoms with Crippen LogP contribution < -0.4 is 16.6 Å². The summed E-state index contributed by atoms with van der Waals surface area (Å²) in [5.74, 6) is 0.521. The smallest absolute Gasteiger partial charge is 0.404 e. The highest BCUT2D eigenvalue weighted by molar-refractivity contribution is 5.76. The summed E-state index contributed by atoms with van der Waals surface area (Å²) in [5.41, 5.74) is 1.53. The summed E-state index contributed by atoms with van der Waals surface area (Å²) in [4.78, 5) is 21.7. The molecular formula is C11H12F3N3O3. The summed E-state index contributed by atoms with van der Waals surface area (Å²) in [6.07, 6.45) is -2.15. The highest BCUT2D eigenvalue weighted by Crippen LogP contribution is 2.16. The summed E-state index contributed by atoms with van der Waals surface area (Å²) < 4.78 is 39.2. The Morgan fingerprint density at radius 2 is 1.80 bits per heavy atom. The van der Waals surface area contributed by atoms with Crippen LogP contribution in [0.2, 0.25) is 0 Å². The first kappa shape index (κ1) is 15.8. The van der Waals surface area contributed by atoms with E-state index in [0.29, 0.717) is 12.1 Å². The van der Waals surface area contributed by atoms with Gasteiger partial charge in [0.2, 0.25) is 5.91 Å². The molecule has 110 valence electrons. The number of hydrogen-bond acceptors (Lipinski definition) is 3. The van der Waals surface area contributed by atoms with Crippen LogP contribution in [0.5, 0.6) is 0 Å². The number of carbonyl (C=O) groups excluding carboxylic acids is 1. The summed E-state index contributed by atoms with van der Waals surface area (Å²) in [6.45, 7) is 0. The highest BCUT2D eigenvalue weighted by atomic mass is 19.2. The lowest BCUT2D eigenvalue weighted by atomic mass is 10.0. The maximum Gasteiger partial charge on any atom is 0.404 e. The number of halogens is 3. The highest BCUT2D eigenvalue weighted by Gasteiger charge is 2.19. The fraction of sp³-hybridized carbons (Fsp3) is 0.273. The SMILES string of the molecule is NNC(=O)C[C@@H](Cc1cc(F)c(F)cc1F)NC(=O)O. The van der Waals surface area contributed by atoms with Gasteiger partial charge in [-0.2, -0.15) is 0 Å². The van der Waals surface area contributed by atoms with Crippen LogP contribution in [0.3, 0.4) is 0 Å². The topological polar surface area (TPSA) is 104 Å². The molecule has 6 nitrogen and oxygen atoms in total. The summed E-state index contributed by atoms with van der Waals surface area (Å²) in [5, 5.41) is 10.6. The lowest BCUT2D eigenvalue weighted by Gasteiger charge is -2.16. The van der Waals surface area contributed by atoms with Crippen LogP contribution in [-0.4, -0.2) is 23.1 Å². The van der Waals surface area contributed by atoms with E-state index >= 15 is 0 Å². The normalized spacial score (nSPS) is 11.8. The van der Waals surface area contributed by atoms with Crippen molar-refractivity contribution in [3.8, 4) is 0 Å². The Labute approximate surface area is 111 Å². The van der Waals surface area contributed by atoms with Crippen LogP contribution in [0.1, 0.15) is 12.0 Å². The zero-order chi connectivity index (χ0) is 15.3. The molecule has 0 aliphatic heterocycles. The zero-order valence-corrected chi connectivity index (χ0v) is 10.1. The molecule has 0 saturated heterocycles. The van der Waals surface area contributed by atoms with E-state index in [2.05, 4.69) is 0 Å².